The molecular formula is C21H9NS2. The number of thiophene rings is 2. The highest BCUT2D eigenvalue weighted by Gasteiger charge is 1.99. The fraction of sp³-hybridized carbons (Fsp3) is 0. The van der Waals surface area contributed by atoms with Crippen LogP contribution in [0.2, 0.25) is 0 Å². The van der Waals surface area contributed by atoms with Crippen LogP contribution in [-0.2, 0) is 0 Å². The maximum Gasteiger partial charge on any atom is 0.115 e. The highest BCUT2D eigenvalue weighted by Crippen LogP contribution is 2.15. The first-order chi connectivity index (χ1) is 11.8. The molecule has 0 aromatic carbocycles. The van der Waals surface area contributed by atoms with Gasteiger partial charge in [0.2, 0.25) is 0 Å². The van der Waals surface area contributed by atoms with Crippen LogP contribution >= 0.6 is 22.7 Å². The van der Waals surface area contributed by atoms with Crippen LogP contribution in [0.25, 0.3) is 0 Å². The molecule has 0 unspecified atom stereocenters. The number of nitrogens with zero attached hydrogens (tertiary/aromatic N) is 1. The lowest BCUT2D eigenvalue weighted by Crippen LogP contribution is -1.87. The van der Waals surface area contributed by atoms with E-state index in [2.05, 4.69) is 40.5 Å². The summed E-state index contributed by atoms with van der Waals surface area (Å²) in [6.45, 7) is 0. The van der Waals surface area contributed by atoms with E-state index in [0.29, 0.717) is 11.4 Å². The molecule has 0 saturated carbocycles. The summed E-state index contributed by atoms with van der Waals surface area (Å²) in [4.78, 5) is 6.18. The van der Waals surface area contributed by atoms with E-state index in [1.165, 1.54) is 22.7 Å². The predicted molar refractivity (Wildman–Crippen MR) is 101 cm³/mol. The molecule has 3 aromatic heterocycles. The van der Waals surface area contributed by atoms with Gasteiger partial charge in [0.1, 0.15) is 11.4 Å². The summed E-state index contributed by atoms with van der Waals surface area (Å²) in [5.74, 6) is 17.4. The van der Waals surface area contributed by atoms with Crippen molar-refractivity contribution in [3.63, 3.8) is 0 Å². The van der Waals surface area contributed by atoms with Crippen LogP contribution in [0.4, 0.5) is 0 Å². The number of aromatic nitrogens is 1. The Labute approximate surface area is 149 Å². The molecule has 0 atom stereocenters. The van der Waals surface area contributed by atoms with E-state index in [-0.39, 0.29) is 0 Å². The summed E-state index contributed by atoms with van der Waals surface area (Å²) in [6.07, 6.45) is 10.9. The summed E-state index contributed by atoms with van der Waals surface area (Å²) >= 11 is 3.04. The molecule has 0 fully saturated rings. The molecule has 110 valence electrons. The maximum absolute atomic E-state index is 5.44. The minimum atomic E-state index is 0.654. The van der Waals surface area contributed by atoms with Gasteiger partial charge in [0.15, 0.2) is 0 Å². The van der Waals surface area contributed by atoms with E-state index in [9.17, 15) is 0 Å². The third kappa shape index (κ3) is 3.57. The van der Waals surface area contributed by atoms with Crippen LogP contribution in [0.15, 0.2) is 41.1 Å². The van der Waals surface area contributed by atoms with Crippen molar-refractivity contribution in [2.75, 3.05) is 0 Å². The molecule has 3 aromatic rings. The highest BCUT2D eigenvalue weighted by atomic mass is 32.1. The van der Waals surface area contributed by atoms with E-state index in [1.807, 2.05) is 41.1 Å². The Balaban J connectivity index is 1.87. The van der Waals surface area contributed by atoms with Crippen LogP contribution in [-0.4, -0.2) is 4.98 Å². The molecule has 3 heterocycles. The van der Waals surface area contributed by atoms with Crippen molar-refractivity contribution in [2.24, 2.45) is 0 Å². The Bertz CT molecular complexity index is 1010. The lowest BCUT2D eigenvalue weighted by atomic mass is 10.2. The SMILES string of the molecule is C#Cc1ccsc1C#Cc1cccc(C#Cc2sccc2C#C)n1. The first-order valence-electron chi connectivity index (χ1n) is 6.89. The summed E-state index contributed by atoms with van der Waals surface area (Å²) in [7, 11) is 0. The van der Waals surface area contributed by atoms with E-state index in [1.54, 1.807) is 0 Å². The molecule has 0 spiro atoms. The first-order valence-corrected chi connectivity index (χ1v) is 8.65. The van der Waals surface area contributed by atoms with E-state index in [4.69, 9.17) is 12.8 Å². The topological polar surface area (TPSA) is 12.9 Å². The van der Waals surface area contributed by atoms with Crippen LogP contribution < -0.4 is 0 Å². The molecule has 3 rings (SSSR count). The molecule has 0 radical (unpaired) electrons. The molecule has 0 aliphatic carbocycles. The number of hydrogen-bond donors (Lipinski definition) is 0. The van der Waals surface area contributed by atoms with Crippen LogP contribution in [0.1, 0.15) is 32.3 Å². The minimum Gasteiger partial charge on any atom is -0.231 e. The fourth-order valence-corrected chi connectivity index (χ4v) is 3.26. The van der Waals surface area contributed by atoms with Gasteiger partial charge in [-0.15, -0.1) is 35.5 Å². The van der Waals surface area contributed by atoms with Crippen molar-refractivity contribution in [2.45, 2.75) is 0 Å². The highest BCUT2D eigenvalue weighted by molar-refractivity contribution is 7.11. The van der Waals surface area contributed by atoms with Gasteiger partial charge in [-0.25, -0.2) is 4.98 Å². The van der Waals surface area contributed by atoms with Crippen LogP contribution in [0.3, 0.4) is 0 Å². The van der Waals surface area contributed by atoms with Gasteiger partial charge >= 0.3 is 0 Å². The standard InChI is InChI=1S/C21H9NS2/c1-3-16-12-14-23-20(16)10-8-18-6-5-7-19(22-18)9-11-21-17(4-2)13-15-24-21/h1-2,5-7,12-15H. The average molecular weight is 339 g/mol. The van der Waals surface area contributed by atoms with Gasteiger partial charge in [-0.2, -0.15) is 0 Å². The third-order valence-corrected chi connectivity index (χ3v) is 4.66. The van der Waals surface area contributed by atoms with Gasteiger partial charge in [-0.3, -0.25) is 0 Å². The monoisotopic (exact) mass is 339 g/mol. The minimum absolute atomic E-state index is 0.654. The molecule has 24 heavy (non-hydrogen) atoms. The fourth-order valence-electron chi connectivity index (χ4n) is 1.86. The molecule has 1 nitrogen and oxygen atoms in total. The van der Waals surface area contributed by atoms with Gasteiger partial charge in [0.25, 0.3) is 0 Å². The molecule has 0 bridgehead atoms. The normalized spacial score (nSPS) is 8.92. The average Bonchev–Trinajstić information content (AvgIpc) is 3.26. The van der Waals surface area contributed by atoms with Crippen molar-refractivity contribution < 1.29 is 0 Å². The molecule has 0 amide bonds. The lowest BCUT2D eigenvalue weighted by molar-refractivity contribution is 1.25. The summed E-state index contributed by atoms with van der Waals surface area (Å²) in [6, 6.07) is 9.34. The van der Waals surface area contributed by atoms with Gasteiger partial charge in [-0.05, 0) is 58.7 Å². The van der Waals surface area contributed by atoms with Crippen LogP contribution in [0, 0.1) is 48.4 Å². The Morgan fingerprint density at radius 2 is 1.21 bits per heavy atom. The number of rotatable bonds is 0. The largest absolute Gasteiger partial charge is 0.231 e. The summed E-state index contributed by atoms with van der Waals surface area (Å²) in [5, 5.41) is 3.86. The van der Waals surface area contributed by atoms with E-state index in [0.717, 1.165) is 20.9 Å². The summed E-state index contributed by atoms with van der Waals surface area (Å²) < 4.78 is 0. The molecule has 0 aliphatic heterocycles. The Kier molecular flexibility index (Phi) is 4.81. The molecular weight excluding hydrogens is 330 g/mol. The van der Waals surface area contributed by atoms with Crippen molar-refractivity contribution in [1.82, 2.24) is 4.98 Å². The van der Waals surface area contributed by atoms with Crippen molar-refractivity contribution >= 4 is 22.7 Å². The Morgan fingerprint density at radius 3 is 1.67 bits per heavy atom. The zero-order valence-corrected chi connectivity index (χ0v) is 14.1. The quantitative estimate of drug-likeness (QED) is 0.565. The van der Waals surface area contributed by atoms with E-state index >= 15 is 0 Å². The van der Waals surface area contributed by atoms with Crippen molar-refractivity contribution in [3.8, 4) is 48.4 Å². The lowest BCUT2D eigenvalue weighted by Gasteiger charge is -1.92. The summed E-state index contributed by atoms with van der Waals surface area (Å²) in [5.41, 5.74) is 2.92. The predicted octanol–water partition coefficient (Wildman–Crippen LogP) is 3.97. The second-order valence-corrected chi connectivity index (χ2v) is 6.36. The third-order valence-electron chi connectivity index (χ3n) is 3.00. The van der Waals surface area contributed by atoms with Gasteiger partial charge in [-0.1, -0.05) is 17.9 Å². The van der Waals surface area contributed by atoms with Gasteiger partial charge in [0, 0.05) is 0 Å². The number of hydrogen-bond acceptors (Lipinski definition) is 3. The molecule has 0 aliphatic rings. The van der Waals surface area contributed by atoms with Crippen molar-refractivity contribution in [1.29, 1.82) is 0 Å². The van der Waals surface area contributed by atoms with Crippen molar-refractivity contribution in [3.05, 3.63) is 73.4 Å². The smallest absolute Gasteiger partial charge is 0.115 e. The van der Waals surface area contributed by atoms with Gasteiger partial charge < -0.3 is 0 Å². The van der Waals surface area contributed by atoms with Crippen LogP contribution in [0.5, 0.6) is 0 Å². The molecule has 0 saturated heterocycles. The second kappa shape index (κ2) is 7.37. The molecule has 0 N–H and O–H groups in total. The number of terminal acetylenes is 2. The van der Waals surface area contributed by atoms with E-state index < -0.39 is 0 Å². The zero-order chi connectivity index (χ0) is 16.8. The zero-order valence-electron chi connectivity index (χ0n) is 12.5. The number of pyridine rings is 1. The second-order valence-electron chi connectivity index (χ2n) is 4.52. The molecule has 3 heteroatoms. The maximum atomic E-state index is 5.44. The Morgan fingerprint density at radius 1 is 0.708 bits per heavy atom. The van der Waals surface area contributed by atoms with Gasteiger partial charge in [0.05, 0.1) is 20.9 Å². The first kappa shape index (κ1) is 15.7. The Hall–Kier alpha value is -3.21.